The highest BCUT2D eigenvalue weighted by Gasteiger charge is 2.22. The van der Waals surface area contributed by atoms with E-state index in [1.807, 2.05) is 0 Å². The molecule has 0 aromatic heterocycles. The van der Waals surface area contributed by atoms with Crippen LogP contribution in [0.4, 0.5) is 0 Å². The first-order valence-corrected chi connectivity index (χ1v) is 5.70. The maximum absolute atomic E-state index is 6.12. The maximum atomic E-state index is 6.12. The molecule has 0 aliphatic carbocycles. The smallest absolute Gasteiger partial charge is 0.0655 e. The highest BCUT2D eigenvalue weighted by molar-refractivity contribution is 6.44. The molecule has 1 atom stereocenters. The Morgan fingerprint density at radius 2 is 1.80 bits per heavy atom. The summed E-state index contributed by atoms with van der Waals surface area (Å²) in [7, 11) is 0. The predicted octanol–water partition coefficient (Wildman–Crippen LogP) is 4.49. The molecule has 1 fully saturated rings. The van der Waals surface area contributed by atoms with Gasteiger partial charge in [-0.15, -0.1) is 12.4 Å². The van der Waals surface area contributed by atoms with Crippen molar-refractivity contribution in [2.24, 2.45) is 0 Å². The van der Waals surface area contributed by atoms with Crippen molar-refractivity contribution in [3.05, 3.63) is 32.8 Å². The van der Waals surface area contributed by atoms with Crippen LogP contribution >= 0.6 is 47.2 Å². The number of halogens is 4. The largest absolute Gasteiger partial charge is 0.310 e. The summed E-state index contributed by atoms with van der Waals surface area (Å²) in [4.78, 5) is 0. The number of benzene rings is 1. The lowest BCUT2D eigenvalue weighted by Crippen LogP contribution is -2.13. The standard InChI is InChI=1S/C10H10Cl3N.ClH/c11-6-3-4-7(12)10(13)9(6)8-2-1-5-14-8;/h3-4,8,14H,1-2,5H2;1H/t8-;/m0./s1. The van der Waals surface area contributed by atoms with Crippen LogP contribution < -0.4 is 5.32 Å². The average Bonchev–Trinajstić information content (AvgIpc) is 2.65. The van der Waals surface area contributed by atoms with E-state index < -0.39 is 0 Å². The van der Waals surface area contributed by atoms with E-state index in [1.165, 1.54) is 0 Å². The van der Waals surface area contributed by atoms with E-state index in [0.29, 0.717) is 15.1 Å². The summed E-state index contributed by atoms with van der Waals surface area (Å²) >= 11 is 18.2. The molecule has 84 valence electrons. The van der Waals surface area contributed by atoms with Gasteiger partial charge in [-0.3, -0.25) is 0 Å². The van der Waals surface area contributed by atoms with E-state index in [2.05, 4.69) is 5.32 Å². The first-order chi connectivity index (χ1) is 6.70. The van der Waals surface area contributed by atoms with Gasteiger partial charge >= 0.3 is 0 Å². The van der Waals surface area contributed by atoms with Crippen LogP contribution in [-0.4, -0.2) is 6.54 Å². The van der Waals surface area contributed by atoms with Crippen molar-refractivity contribution in [3.63, 3.8) is 0 Å². The summed E-state index contributed by atoms with van der Waals surface area (Å²) in [6.07, 6.45) is 2.23. The van der Waals surface area contributed by atoms with Gasteiger partial charge in [-0.2, -0.15) is 0 Å². The van der Waals surface area contributed by atoms with Gasteiger partial charge in [0.05, 0.1) is 10.0 Å². The van der Waals surface area contributed by atoms with Gasteiger partial charge < -0.3 is 5.32 Å². The summed E-state index contributed by atoms with van der Waals surface area (Å²) < 4.78 is 0. The van der Waals surface area contributed by atoms with E-state index in [9.17, 15) is 0 Å². The minimum Gasteiger partial charge on any atom is -0.310 e. The van der Waals surface area contributed by atoms with Crippen molar-refractivity contribution >= 4 is 47.2 Å². The van der Waals surface area contributed by atoms with Crippen molar-refractivity contribution in [2.75, 3.05) is 6.54 Å². The Kier molecular flexibility index (Phi) is 5.01. The summed E-state index contributed by atoms with van der Waals surface area (Å²) in [6, 6.07) is 3.78. The van der Waals surface area contributed by atoms with Crippen LogP contribution in [0.2, 0.25) is 15.1 Å². The number of rotatable bonds is 1. The minimum atomic E-state index is 0. The zero-order chi connectivity index (χ0) is 10.1. The van der Waals surface area contributed by atoms with Crippen molar-refractivity contribution in [1.29, 1.82) is 0 Å². The highest BCUT2D eigenvalue weighted by Crippen LogP contribution is 2.38. The van der Waals surface area contributed by atoms with Gasteiger partial charge in [0.15, 0.2) is 0 Å². The molecule has 1 heterocycles. The topological polar surface area (TPSA) is 12.0 Å². The maximum Gasteiger partial charge on any atom is 0.0655 e. The first kappa shape index (κ1) is 13.4. The quantitative estimate of drug-likeness (QED) is 0.750. The van der Waals surface area contributed by atoms with Crippen molar-refractivity contribution in [3.8, 4) is 0 Å². The summed E-state index contributed by atoms with van der Waals surface area (Å²) in [5.74, 6) is 0. The van der Waals surface area contributed by atoms with Gasteiger partial charge in [0, 0.05) is 16.6 Å². The Hall–Kier alpha value is 0.340. The lowest BCUT2D eigenvalue weighted by atomic mass is 10.1. The number of nitrogens with one attached hydrogen (secondary N) is 1. The molecule has 2 rings (SSSR count). The second-order valence-corrected chi connectivity index (χ2v) is 4.60. The predicted molar refractivity (Wildman–Crippen MR) is 68.7 cm³/mol. The molecule has 1 nitrogen and oxygen atoms in total. The second-order valence-electron chi connectivity index (χ2n) is 3.41. The highest BCUT2D eigenvalue weighted by atomic mass is 35.5. The Bertz CT molecular complexity index is 348. The van der Waals surface area contributed by atoms with Gasteiger partial charge in [-0.25, -0.2) is 0 Å². The minimum absolute atomic E-state index is 0. The molecule has 15 heavy (non-hydrogen) atoms. The Labute approximate surface area is 110 Å². The molecule has 1 aromatic carbocycles. The van der Waals surface area contributed by atoms with E-state index in [-0.39, 0.29) is 18.4 Å². The van der Waals surface area contributed by atoms with Crippen LogP contribution in [0.5, 0.6) is 0 Å². The molecule has 1 aliphatic heterocycles. The van der Waals surface area contributed by atoms with E-state index in [1.54, 1.807) is 12.1 Å². The molecule has 1 saturated heterocycles. The van der Waals surface area contributed by atoms with Gasteiger partial charge in [-0.1, -0.05) is 34.8 Å². The zero-order valence-corrected chi connectivity index (χ0v) is 11.0. The van der Waals surface area contributed by atoms with Crippen LogP contribution in [0.25, 0.3) is 0 Å². The molecule has 1 aliphatic rings. The van der Waals surface area contributed by atoms with Crippen molar-refractivity contribution in [1.82, 2.24) is 5.32 Å². The third-order valence-corrected chi connectivity index (χ3v) is 3.64. The SMILES string of the molecule is Cl.Clc1ccc(Cl)c([C@@H]2CCCN2)c1Cl. The third-order valence-electron chi connectivity index (χ3n) is 2.49. The van der Waals surface area contributed by atoms with Gasteiger partial charge in [0.1, 0.15) is 0 Å². The molecule has 0 radical (unpaired) electrons. The molecule has 0 amide bonds. The molecule has 5 heteroatoms. The normalized spacial score (nSPS) is 20.1. The second kappa shape index (κ2) is 5.60. The molecule has 0 saturated carbocycles. The van der Waals surface area contributed by atoms with Gasteiger partial charge in [-0.05, 0) is 31.5 Å². The lowest BCUT2D eigenvalue weighted by molar-refractivity contribution is 0.648. The fourth-order valence-electron chi connectivity index (χ4n) is 1.79. The molecular weight excluding hydrogens is 276 g/mol. The molecule has 0 spiro atoms. The summed E-state index contributed by atoms with van der Waals surface area (Å²) in [5, 5.41) is 5.20. The van der Waals surface area contributed by atoms with Crippen LogP contribution in [0, 0.1) is 0 Å². The van der Waals surface area contributed by atoms with Crippen molar-refractivity contribution in [2.45, 2.75) is 18.9 Å². The molecule has 1 N–H and O–H groups in total. The van der Waals surface area contributed by atoms with Crippen molar-refractivity contribution < 1.29 is 0 Å². The van der Waals surface area contributed by atoms with E-state index in [0.717, 1.165) is 24.9 Å². The Morgan fingerprint density at radius 3 is 2.40 bits per heavy atom. The zero-order valence-electron chi connectivity index (χ0n) is 7.90. The molecule has 0 bridgehead atoms. The fourth-order valence-corrected chi connectivity index (χ4v) is 2.59. The fraction of sp³-hybridized carbons (Fsp3) is 0.400. The van der Waals surface area contributed by atoms with E-state index >= 15 is 0 Å². The Morgan fingerprint density at radius 1 is 1.13 bits per heavy atom. The average molecular weight is 287 g/mol. The summed E-state index contributed by atoms with van der Waals surface area (Å²) in [6.45, 7) is 1.02. The first-order valence-electron chi connectivity index (χ1n) is 4.57. The molecular formula is C10H11Cl4N. The van der Waals surface area contributed by atoms with Gasteiger partial charge in [0.25, 0.3) is 0 Å². The Balaban J connectivity index is 0.00000112. The summed E-state index contributed by atoms with van der Waals surface area (Å²) in [5.41, 5.74) is 0.943. The molecule has 1 aromatic rings. The van der Waals surface area contributed by atoms with Crippen LogP contribution in [0.3, 0.4) is 0 Å². The van der Waals surface area contributed by atoms with Crippen LogP contribution in [-0.2, 0) is 0 Å². The lowest BCUT2D eigenvalue weighted by Gasteiger charge is -2.15. The number of hydrogen-bond acceptors (Lipinski definition) is 1. The number of hydrogen-bond donors (Lipinski definition) is 1. The van der Waals surface area contributed by atoms with E-state index in [4.69, 9.17) is 34.8 Å². The molecule has 0 unspecified atom stereocenters. The third kappa shape index (κ3) is 2.72. The van der Waals surface area contributed by atoms with Crippen LogP contribution in [0.15, 0.2) is 12.1 Å². The van der Waals surface area contributed by atoms with Gasteiger partial charge in [0.2, 0.25) is 0 Å². The van der Waals surface area contributed by atoms with Crippen LogP contribution in [0.1, 0.15) is 24.4 Å². The monoisotopic (exact) mass is 285 g/mol.